The van der Waals surface area contributed by atoms with E-state index in [1.807, 2.05) is 12.1 Å². The minimum Gasteiger partial charge on any atom is -0.394 e. The van der Waals surface area contributed by atoms with Gasteiger partial charge in [-0.2, -0.15) is 5.10 Å². The van der Waals surface area contributed by atoms with Crippen molar-refractivity contribution in [3.8, 4) is 0 Å². The highest BCUT2D eigenvalue weighted by molar-refractivity contribution is 5.36. The van der Waals surface area contributed by atoms with E-state index in [2.05, 4.69) is 20.0 Å². The molecule has 6 nitrogen and oxygen atoms in total. The predicted molar refractivity (Wildman–Crippen MR) is 73.2 cm³/mol. The van der Waals surface area contributed by atoms with E-state index in [9.17, 15) is 0 Å². The number of aliphatic hydroxyl groups excluding tert-OH is 1. The maximum absolute atomic E-state index is 8.65. The molecule has 1 aromatic rings. The maximum Gasteiger partial charge on any atom is 0.151 e. The minimum atomic E-state index is 0.0977. The first-order valence-corrected chi connectivity index (χ1v) is 6.84. The van der Waals surface area contributed by atoms with Gasteiger partial charge >= 0.3 is 0 Å². The second kappa shape index (κ2) is 8.04. The Kier molecular flexibility index (Phi) is 6.00. The fraction of sp³-hybridized carbons (Fsp3) is 0.692. The van der Waals surface area contributed by atoms with Gasteiger partial charge in [0, 0.05) is 32.4 Å². The van der Waals surface area contributed by atoms with E-state index in [4.69, 9.17) is 9.84 Å². The molecule has 0 aliphatic carbocycles. The van der Waals surface area contributed by atoms with Crippen LogP contribution in [0.15, 0.2) is 18.3 Å². The van der Waals surface area contributed by atoms with E-state index in [1.54, 1.807) is 6.20 Å². The Labute approximate surface area is 114 Å². The van der Waals surface area contributed by atoms with Gasteiger partial charge in [-0.05, 0) is 25.1 Å². The molecule has 0 bridgehead atoms. The van der Waals surface area contributed by atoms with E-state index < -0.39 is 0 Å². The molecule has 0 unspecified atom stereocenters. The molecule has 0 saturated carbocycles. The molecule has 1 saturated heterocycles. The van der Waals surface area contributed by atoms with Crippen molar-refractivity contribution in [2.75, 3.05) is 57.4 Å². The van der Waals surface area contributed by atoms with Crippen LogP contribution in [0.3, 0.4) is 0 Å². The molecule has 0 spiro atoms. The quantitative estimate of drug-likeness (QED) is 0.731. The summed E-state index contributed by atoms with van der Waals surface area (Å²) in [7, 11) is 0. The van der Waals surface area contributed by atoms with Crippen LogP contribution >= 0.6 is 0 Å². The van der Waals surface area contributed by atoms with Gasteiger partial charge in [-0.1, -0.05) is 0 Å². The molecular weight excluding hydrogens is 244 g/mol. The monoisotopic (exact) mass is 266 g/mol. The van der Waals surface area contributed by atoms with Crippen molar-refractivity contribution in [1.82, 2.24) is 15.1 Å². The molecule has 2 rings (SSSR count). The standard InChI is InChI=1S/C13H22N4O2/c18-10-12-19-11-9-16-5-2-6-17(8-7-16)13-3-1-4-14-15-13/h1,3-4,18H,2,5-12H2. The van der Waals surface area contributed by atoms with Gasteiger partial charge in [-0.25, -0.2) is 0 Å². The normalized spacial score (nSPS) is 17.4. The van der Waals surface area contributed by atoms with Gasteiger partial charge in [0.2, 0.25) is 0 Å². The summed E-state index contributed by atoms with van der Waals surface area (Å²) in [6.07, 6.45) is 2.82. The molecule has 106 valence electrons. The first kappa shape index (κ1) is 14.2. The van der Waals surface area contributed by atoms with Crippen LogP contribution in [0.5, 0.6) is 0 Å². The van der Waals surface area contributed by atoms with Gasteiger partial charge in [0.1, 0.15) is 0 Å². The lowest BCUT2D eigenvalue weighted by molar-refractivity contribution is 0.0750. The van der Waals surface area contributed by atoms with E-state index in [0.717, 1.165) is 45.0 Å². The largest absolute Gasteiger partial charge is 0.394 e. The molecule has 0 aromatic carbocycles. The highest BCUT2D eigenvalue weighted by Crippen LogP contribution is 2.11. The van der Waals surface area contributed by atoms with Gasteiger partial charge in [-0.15, -0.1) is 5.10 Å². The molecule has 0 atom stereocenters. The lowest BCUT2D eigenvalue weighted by Crippen LogP contribution is -2.33. The average Bonchev–Trinajstić information content (AvgIpc) is 2.70. The molecule has 6 heteroatoms. The minimum absolute atomic E-state index is 0.0977. The first-order valence-electron chi connectivity index (χ1n) is 6.84. The summed E-state index contributed by atoms with van der Waals surface area (Å²) in [5.41, 5.74) is 0. The third kappa shape index (κ3) is 4.74. The second-order valence-electron chi connectivity index (χ2n) is 4.60. The number of rotatable bonds is 6. The highest BCUT2D eigenvalue weighted by atomic mass is 16.5. The Morgan fingerprint density at radius 3 is 2.95 bits per heavy atom. The van der Waals surface area contributed by atoms with Crippen LogP contribution in [0, 0.1) is 0 Å². The number of hydrogen-bond acceptors (Lipinski definition) is 6. The number of nitrogens with zero attached hydrogens (tertiary/aromatic N) is 4. The van der Waals surface area contributed by atoms with E-state index in [1.165, 1.54) is 0 Å². The van der Waals surface area contributed by atoms with Crippen molar-refractivity contribution in [1.29, 1.82) is 0 Å². The number of aromatic nitrogens is 2. The summed E-state index contributed by atoms with van der Waals surface area (Å²) in [6.45, 7) is 6.23. The summed E-state index contributed by atoms with van der Waals surface area (Å²) in [6, 6.07) is 3.93. The summed E-state index contributed by atoms with van der Waals surface area (Å²) < 4.78 is 5.31. The van der Waals surface area contributed by atoms with Crippen molar-refractivity contribution < 1.29 is 9.84 Å². The third-order valence-corrected chi connectivity index (χ3v) is 3.26. The van der Waals surface area contributed by atoms with Crippen molar-refractivity contribution >= 4 is 5.82 Å². The molecule has 1 aromatic heterocycles. The van der Waals surface area contributed by atoms with Gasteiger partial charge in [0.25, 0.3) is 0 Å². The van der Waals surface area contributed by atoms with E-state index in [0.29, 0.717) is 13.2 Å². The Morgan fingerprint density at radius 1 is 1.21 bits per heavy atom. The summed E-state index contributed by atoms with van der Waals surface area (Å²) >= 11 is 0. The Balaban J connectivity index is 1.75. The fourth-order valence-corrected chi connectivity index (χ4v) is 2.25. The van der Waals surface area contributed by atoms with E-state index in [-0.39, 0.29) is 6.61 Å². The topological polar surface area (TPSA) is 61.7 Å². The Bertz CT molecular complexity index is 350. The Hall–Kier alpha value is -1.24. The molecule has 0 amide bonds. The van der Waals surface area contributed by atoms with Gasteiger partial charge in [-0.3, -0.25) is 4.90 Å². The van der Waals surface area contributed by atoms with Crippen molar-refractivity contribution in [2.24, 2.45) is 0 Å². The molecule has 1 aliphatic rings. The second-order valence-corrected chi connectivity index (χ2v) is 4.60. The zero-order valence-corrected chi connectivity index (χ0v) is 11.2. The van der Waals surface area contributed by atoms with Crippen molar-refractivity contribution in [3.63, 3.8) is 0 Å². The van der Waals surface area contributed by atoms with Crippen LogP contribution in [-0.2, 0) is 4.74 Å². The number of aliphatic hydroxyl groups is 1. The number of hydrogen-bond donors (Lipinski definition) is 1. The molecule has 1 N–H and O–H groups in total. The SMILES string of the molecule is OCCOCCN1CCCN(c2cccnn2)CC1. The summed E-state index contributed by atoms with van der Waals surface area (Å²) in [4.78, 5) is 4.68. The molecule has 0 radical (unpaired) electrons. The predicted octanol–water partition coefficient (Wildman–Crippen LogP) is -0.00240. The molecule has 1 fully saturated rings. The van der Waals surface area contributed by atoms with Crippen LogP contribution in [0.1, 0.15) is 6.42 Å². The average molecular weight is 266 g/mol. The number of anilines is 1. The van der Waals surface area contributed by atoms with E-state index >= 15 is 0 Å². The van der Waals surface area contributed by atoms with Crippen molar-refractivity contribution in [3.05, 3.63) is 18.3 Å². The lowest BCUT2D eigenvalue weighted by atomic mass is 10.3. The summed E-state index contributed by atoms with van der Waals surface area (Å²) in [5.74, 6) is 0.959. The third-order valence-electron chi connectivity index (χ3n) is 3.26. The van der Waals surface area contributed by atoms with Crippen LogP contribution < -0.4 is 4.90 Å². The Morgan fingerprint density at radius 2 is 2.16 bits per heavy atom. The fourth-order valence-electron chi connectivity index (χ4n) is 2.25. The highest BCUT2D eigenvalue weighted by Gasteiger charge is 2.15. The van der Waals surface area contributed by atoms with Crippen molar-refractivity contribution in [2.45, 2.75) is 6.42 Å². The zero-order valence-electron chi connectivity index (χ0n) is 11.2. The van der Waals surface area contributed by atoms with Crippen LogP contribution in [-0.4, -0.2) is 72.7 Å². The zero-order chi connectivity index (χ0) is 13.3. The van der Waals surface area contributed by atoms with Gasteiger partial charge in [0.05, 0.1) is 19.8 Å². The summed E-state index contributed by atoms with van der Waals surface area (Å²) in [5, 5.41) is 16.7. The number of ether oxygens (including phenoxy) is 1. The van der Waals surface area contributed by atoms with Crippen LogP contribution in [0.4, 0.5) is 5.82 Å². The van der Waals surface area contributed by atoms with Crippen LogP contribution in [0.25, 0.3) is 0 Å². The lowest BCUT2D eigenvalue weighted by Gasteiger charge is -2.22. The smallest absolute Gasteiger partial charge is 0.151 e. The first-order chi connectivity index (χ1) is 9.40. The maximum atomic E-state index is 8.65. The molecular formula is C13H22N4O2. The van der Waals surface area contributed by atoms with Crippen LogP contribution in [0.2, 0.25) is 0 Å². The molecule has 2 heterocycles. The molecule has 19 heavy (non-hydrogen) atoms. The molecule has 1 aliphatic heterocycles. The van der Waals surface area contributed by atoms with Gasteiger partial charge < -0.3 is 14.7 Å². The van der Waals surface area contributed by atoms with Gasteiger partial charge in [0.15, 0.2) is 5.82 Å².